The van der Waals surface area contributed by atoms with E-state index in [1.165, 1.54) is 0 Å². The van der Waals surface area contributed by atoms with Crippen LogP contribution in [0.2, 0.25) is 5.02 Å². The largest absolute Gasteiger partial charge is 0.497 e. The van der Waals surface area contributed by atoms with E-state index in [1.807, 2.05) is 48.5 Å². The molecule has 0 fully saturated rings. The normalized spacial score (nSPS) is 15.2. The Morgan fingerprint density at radius 3 is 2.62 bits per heavy atom. The van der Waals surface area contributed by atoms with E-state index < -0.39 is 0 Å². The Morgan fingerprint density at radius 2 is 1.81 bits per heavy atom. The van der Waals surface area contributed by atoms with Crippen molar-refractivity contribution in [2.45, 2.75) is 0 Å². The standard InChI is InChI=1S/C22H15ClO3/c1-25-20-8-7-15-11-17(6-5-16(15)12-20)21-13-18(22(24)26-21)9-14-3-2-4-19(23)10-14/h2-13H,1H3/b18-9-. The molecule has 128 valence electrons. The van der Waals surface area contributed by atoms with E-state index in [4.69, 9.17) is 21.1 Å². The molecule has 26 heavy (non-hydrogen) atoms. The van der Waals surface area contributed by atoms with Gasteiger partial charge in [-0.25, -0.2) is 4.79 Å². The number of esters is 1. The van der Waals surface area contributed by atoms with Crippen molar-refractivity contribution < 1.29 is 14.3 Å². The molecule has 0 unspecified atom stereocenters. The molecular weight excluding hydrogens is 348 g/mol. The van der Waals surface area contributed by atoms with Crippen molar-refractivity contribution in [2.24, 2.45) is 0 Å². The number of carbonyl (C=O) groups is 1. The predicted molar refractivity (Wildman–Crippen MR) is 104 cm³/mol. The van der Waals surface area contributed by atoms with Gasteiger partial charge < -0.3 is 9.47 Å². The molecule has 4 rings (SSSR count). The van der Waals surface area contributed by atoms with Gasteiger partial charge in [-0.05, 0) is 58.8 Å². The van der Waals surface area contributed by atoms with Crippen molar-refractivity contribution in [3.8, 4) is 5.75 Å². The molecule has 0 saturated carbocycles. The van der Waals surface area contributed by atoms with Crippen molar-refractivity contribution in [3.63, 3.8) is 0 Å². The van der Waals surface area contributed by atoms with Crippen LogP contribution in [-0.2, 0) is 9.53 Å². The van der Waals surface area contributed by atoms with E-state index in [0.29, 0.717) is 16.4 Å². The van der Waals surface area contributed by atoms with Gasteiger partial charge in [0.15, 0.2) is 0 Å². The zero-order valence-corrected chi connectivity index (χ0v) is 14.8. The van der Waals surface area contributed by atoms with E-state index in [2.05, 4.69) is 0 Å². The molecule has 3 nitrogen and oxygen atoms in total. The first-order valence-electron chi connectivity index (χ1n) is 8.12. The maximum absolute atomic E-state index is 12.2. The molecule has 0 spiro atoms. The second kappa shape index (κ2) is 6.70. The van der Waals surface area contributed by atoms with Crippen molar-refractivity contribution >= 4 is 40.2 Å². The van der Waals surface area contributed by atoms with Crippen LogP contribution in [0.5, 0.6) is 5.75 Å². The van der Waals surface area contributed by atoms with Gasteiger partial charge in [0.1, 0.15) is 11.5 Å². The van der Waals surface area contributed by atoms with Crippen LogP contribution in [0.3, 0.4) is 0 Å². The lowest BCUT2D eigenvalue weighted by Gasteiger charge is -2.06. The predicted octanol–water partition coefficient (Wildman–Crippen LogP) is 5.48. The van der Waals surface area contributed by atoms with E-state index >= 15 is 0 Å². The van der Waals surface area contributed by atoms with Crippen molar-refractivity contribution in [1.29, 1.82) is 0 Å². The van der Waals surface area contributed by atoms with E-state index in [-0.39, 0.29) is 5.97 Å². The topological polar surface area (TPSA) is 35.5 Å². The van der Waals surface area contributed by atoms with Gasteiger partial charge in [0.05, 0.1) is 12.7 Å². The first kappa shape index (κ1) is 16.4. The molecule has 1 heterocycles. The number of hydrogen-bond donors (Lipinski definition) is 0. The van der Waals surface area contributed by atoms with Crippen molar-refractivity contribution in [3.05, 3.63) is 88.5 Å². The van der Waals surface area contributed by atoms with Gasteiger partial charge in [0.2, 0.25) is 0 Å². The molecule has 0 radical (unpaired) electrons. The smallest absolute Gasteiger partial charge is 0.343 e. The maximum atomic E-state index is 12.2. The molecule has 1 aliphatic heterocycles. The Bertz CT molecular complexity index is 1080. The van der Waals surface area contributed by atoms with Crippen LogP contribution in [0.1, 0.15) is 11.1 Å². The summed E-state index contributed by atoms with van der Waals surface area (Å²) in [5, 5.41) is 2.74. The Balaban J connectivity index is 1.69. The molecule has 0 amide bonds. The third-order valence-electron chi connectivity index (χ3n) is 4.23. The lowest BCUT2D eigenvalue weighted by atomic mass is 10.0. The molecule has 1 aliphatic rings. The number of cyclic esters (lactones) is 1. The zero-order chi connectivity index (χ0) is 18.1. The van der Waals surface area contributed by atoms with Gasteiger partial charge in [-0.3, -0.25) is 0 Å². The lowest BCUT2D eigenvalue weighted by molar-refractivity contribution is -0.130. The minimum Gasteiger partial charge on any atom is -0.497 e. The van der Waals surface area contributed by atoms with Crippen LogP contribution in [0.25, 0.3) is 22.6 Å². The number of benzene rings is 3. The van der Waals surface area contributed by atoms with Gasteiger partial charge in [0.25, 0.3) is 0 Å². The minimum absolute atomic E-state index is 0.366. The highest BCUT2D eigenvalue weighted by molar-refractivity contribution is 6.30. The van der Waals surface area contributed by atoms with Gasteiger partial charge in [0, 0.05) is 10.6 Å². The summed E-state index contributed by atoms with van der Waals surface area (Å²) in [6.45, 7) is 0. The van der Waals surface area contributed by atoms with Crippen LogP contribution in [0, 0.1) is 0 Å². The molecule has 3 aromatic carbocycles. The van der Waals surface area contributed by atoms with Crippen LogP contribution in [0.4, 0.5) is 0 Å². The number of methoxy groups -OCH3 is 1. The first-order chi connectivity index (χ1) is 12.6. The molecule has 0 aliphatic carbocycles. The maximum Gasteiger partial charge on any atom is 0.343 e. The fourth-order valence-corrected chi connectivity index (χ4v) is 3.11. The lowest BCUT2D eigenvalue weighted by Crippen LogP contribution is -1.97. The number of fused-ring (bicyclic) bond motifs is 1. The van der Waals surface area contributed by atoms with Gasteiger partial charge in [-0.2, -0.15) is 0 Å². The second-order valence-electron chi connectivity index (χ2n) is 5.98. The van der Waals surface area contributed by atoms with Crippen LogP contribution >= 0.6 is 11.6 Å². The molecule has 0 N–H and O–H groups in total. The van der Waals surface area contributed by atoms with E-state index in [9.17, 15) is 4.79 Å². The van der Waals surface area contributed by atoms with E-state index in [1.54, 1.807) is 31.4 Å². The highest BCUT2D eigenvalue weighted by Crippen LogP contribution is 2.30. The molecule has 0 bridgehead atoms. The Hall–Kier alpha value is -3.04. The molecule has 0 atom stereocenters. The third-order valence-corrected chi connectivity index (χ3v) is 4.46. The number of halogens is 1. The summed E-state index contributed by atoms with van der Waals surface area (Å²) in [6.07, 6.45) is 3.53. The number of hydrogen-bond acceptors (Lipinski definition) is 3. The quantitative estimate of drug-likeness (QED) is 0.457. The summed E-state index contributed by atoms with van der Waals surface area (Å²) in [5.41, 5.74) is 2.20. The number of carbonyl (C=O) groups excluding carboxylic acids is 1. The summed E-state index contributed by atoms with van der Waals surface area (Å²) in [6, 6.07) is 19.1. The second-order valence-corrected chi connectivity index (χ2v) is 6.42. The highest BCUT2D eigenvalue weighted by atomic mass is 35.5. The molecule has 0 aromatic heterocycles. The fraction of sp³-hybridized carbons (Fsp3) is 0.0455. The van der Waals surface area contributed by atoms with Crippen molar-refractivity contribution in [1.82, 2.24) is 0 Å². The third kappa shape index (κ3) is 3.22. The SMILES string of the molecule is COc1ccc2cc(C3=C/C(=C/c4cccc(Cl)c4)C(=O)O3)ccc2c1. The molecule has 3 aromatic rings. The van der Waals surface area contributed by atoms with Crippen LogP contribution in [0.15, 0.2) is 72.3 Å². The monoisotopic (exact) mass is 362 g/mol. The summed E-state index contributed by atoms with van der Waals surface area (Å²) in [4.78, 5) is 12.2. The minimum atomic E-state index is -0.366. The average Bonchev–Trinajstić information content (AvgIpc) is 3.01. The highest BCUT2D eigenvalue weighted by Gasteiger charge is 2.22. The summed E-state index contributed by atoms with van der Waals surface area (Å²) >= 11 is 6.00. The molecule has 0 saturated heterocycles. The molecule has 4 heteroatoms. The van der Waals surface area contributed by atoms with Gasteiger partial charge in [-0.15, -0.1) is 0 Å². The van der Waals surface area contributed by atoms with Gasteiger partial charge >= 0.3 is 5.97 Å². The average molecular weight is 363 g/mol. The first-order valence-corrected chi connectivity index (χ1v) is 8.49. The Labute approximate surface area is 156 Å². The summed E-state index contributed by atoms with van der Waals surface area (Å²) in [5.74, 6) is 0.985. The molecular formula is C22H15ClO3. The Morgan fingerprint density at radius 1 is 1.00 bits per heavy atom. The van der Waals surface area contributed by atoms with Crippen LogP contribution in [-0.4, -0.2) is 13.1 Å². The summed E-state index contributed by atoms with van der Waals surface area (Å²) < 4.78 is 10.7. The zero-order valence-electron chi connectivity index (χ0n) is 14.0. The fourth-order valence-electron chi connectivity index (χ4n) is 2.91. The Kier molecular flexibility index (Phi) is 4.23. The number of rotatable bonds is 3. The van der Waals surface area contributed by atoms with E-state index in [0.717, 1.165) is 27.6 Å². The van der Waals surface area contributed by atoms with Gasteiger partial charge in [-0.1, -0.05) is 41.9 Å². The summed E-state index contributed by atoms with van der Waals surface area (Å²) in [7, 11) is 1.64. The van der Waals surface area contributed by atoms with Crippen LogP contribution < -0.4 is 4.74 Å². The number of ether oxygens (including phenoxy) is 2. The van der Waals surface area contributed by atoms with Crippen molar-refractivity contribution in [2.75, 3.05) is 7.11 Å².